The lowest BCUT2D eigenvalue weighted by Crippen LogP contribution is -2.07. The summed E-state index contributed by atoms with van der Waals surface area (Å²) in [6.45, 7) is 3.83. The van der Waals surface area contributed by atoms with E-state index in [0.717, 1.165) is 33.5 Å². The van der Waals surface area contributed by atoms with Gasteiger partial charge in [-0.2, -0.15) is 10.4 Å². The van der Waals surface area contributed by atoms with Gasteiger partial charge in [-0.15, -0.1) is 0 Å². The van der Waals surface area contributed by atoms with Gasteiger partial charge in [0.25, 0.3) is 0 Å². The molecule has 132 valence electrons. The van der Waals surface area contributed by atoms with Crippen LogP contribution in [0.5, 0.6) is 0 Å². The Hall–Kier alpha value is -3.56. The van der Waals surface area contributed by atoms with Crippen LogP contribution in [-0.4, -0.2) is 19.7 Å². The Kier molecular flexibility index (Phi) is 4.15. The summed E-state index contributed by atoms with van der Waals surface area (Å²) < 4.78 is 1.70. The van der Waals surface area contributed by atoms with Gasteiger partial charge in [-0.3, -0.25) is 4.98 Å². The fourth-order valence-corrected chi connectivity index (χ4v) is 3.00. The van der Waals surface area contributed by atoms with Gasteiger partial charge in [0, 0.05) is 28.9 Å². The van der Waals surface area contributed by atoms with Crippen molar-refractivity contribution in [3.63, 3.8) is 0 Å². The van der Waals surface area contributed by atoms with Gasteiger partial charge in [-0.1, -0.05) is 12.1 Å². The second kappa shape index (κ2) is 6.63. The number of pyridine rings is 2. The summed E-state index contributed by atoms with van der Waals surface area (Å²) >= 11 is 0. The summed E-state index contributed by atoms with van der Waals surface area (Å²) in [6, 6.07) is 17.4. The smallest absolute Gasteiger partial charge is 0.153 e. The van der Waals surface area contributed by atoms with E-state index < -0.39 is 0 Å². The molecule has 1 aromatic carbocycles. The number of hydrogen-bond donors (Lipinski definition) is 1. The Labute approximate surface area is 156 Å². The molecule has 2 N–H and O–H groups in total. The van der Waals surface area contributed by atoms with E-state index in [2.05, 4.69) is 21.1 Å². The summed E-state index contributed by atoms with van der Waals surface area (Å²) in [6.07, 6.45) is 1.84. The molecule has 4 rings (SSSR count). The Morgan fingerprint density at radius 2 is 1.93 bits per heavy atom. The molecule has 3 heterocycles. The third-order valence-electron chi connectivity index (χ3n) is 4.39. The first-order chi connectivity index (χ1) is 13.0. The molecule has 0 fully saturated rings. The first-order valence-electron chi connectivity index (χ1n) is 8.65. The maximum Gasteiger partial charge on any atom is 0.153 e. The van der Waals surface area contributed by atoms with Crippen molar-refractivity contribution in [3.8, 4) is 23.1 Å². The molecule has 0 radical (unpaired) electrons. The topological polar surface area (TPSA) is 93.4 Å². The number of rotatable bonds is 3. The number of aryl methyl sites for hydroxylation is 1. The van der Waals surface area contributed by atoms with Crippen LogP contribution < -0.4 is 5.73 Å². The van der Waals surface area contributed by atoms with Crippen molar-refractivity contribution < 1.29 is 0 Å². The average Bonchev–Trinajstić information content (AvgIpc) is 3.11. The second-order valence-corrected chi connectivity index (χ2v) is 6.52. The van der Waals surface area contributed by atoms with Gasteiger partial charge >= 0.3 is 0 Å². The minimum absolute atomic E-state index is 0.157. The lowest BCUT2D eigenvalue weighted by Gasteiger charge is -2.07. The van der Waals surface area contributed by atoms with E-state index in [1.54, 1.807) is 4.68 Å². The first kappa shape index (κ1) is 16.9. The number of hydrogen-bond acceptors (Lipinski definition) is 5. The molecule has 0 aliphatic heterocycles. The zero-order valence-corrected chi connectivity index (χ0v) is 15.1. The van der Waals surface area contributed by atoms with Crippen LogP contribution in [0.4, 0.5) is 0 Å². The molecule has 0 saturated carbocycles. The van der Waals surface area contributed by atoms with Gasteiger partial charge in [-0.05, 0) is 50.2 Å². The van der Waals surface area contributed by atoms with Crippen molar-refractivity contribution in [3.05, 3.63) is 71.7 Å². The van der Waals surface area contributed by atoms with Crippen molar-refractivity contribution >= 4 is 10.9 Å². The Morgan fingerprint density at radius 3 is 2.67 bits per heavy atom. The third kappa shape index (κ3) is 3.16. The first-order valence-corrected chi connectivity index (χ1v) is 8.65. The molecule has 0 saturated heterocycles. The molecule has 27 heavy (non-hydrogen) atoms. The standard InChI is InChI=1S/C21H18N6/c1-13-5-3-8-21(24-13)27-12-17-16(11-22)9-15(10-20(17)26-27)19-7-4-6-18(25-19)14(2)23/h3-10,12,14H,23H2,1-2H3. The van der Waals surface area contributed by atoms with Crippen molar-refractivity contribution in [2.75, 3.05) is 0 Å². The molecule has 0 bridgehead atoms. The van der Waals surface area contributed by atoms with E-state index in [1.165, 1.54) is 0 Å². The normalized spacial score (nSPS) is 12.1. The van der Waals surface area contributed by atoms with E-state index >= 15 is 0 Å². The quantitative estimate of drug-likeness (QED) is 0.606. The summed E-state index contributed by atoms with van der Waals surface area (Å²) in [5.41, 5.74) is 10.5. The highest BCUT2D eigenvalue weighted by atomic mass is 15.3. The summed E-state index contributed by atoms with van der Waals surface area (Å²) in [5.74, 6) is 0.716. The molecule has 0 aliphatic rings. The highest BCUT2D eigenvalue weighted by Crippen LogP contribution is 2.27. The van der Waals surface area contributed by atoms with Crippen molar-refractivity contribution in [1.29, 1.82) is 5.26 Å². The predicted molar refractivity (Wildman–Crippen MR) is 104 cm³/mol. The average molecular weight is 354 g/mol. The van der Waals surface area contributed by atoms with E-state index in [-0.39, 0.29) is 6.04 Å². The van der Waals surface area contributed by atoms with E-state index in [9.17, 15) is 5.26 Å². The maximum absolute atomic E-state index is 9.63. The monoisotopic (exact) mass is 354 g/mol. The lowest BCUT2D eigenvalue weighted by molar-refractivity contribution is 0.782. The predicted octanol–water partition coefficient (Wildman–Crippen LogP) is 3.68. The summed E-state index contributed by atoms with van der Waals surface area (Å²) in [7, 11) is 0. The van der Waals surface area contributed by atoms with Gasteiger partial charge in [0.2, 0.25) is 0 Å². The SMILES string of the molecule is Cc1cccc(-n2cc3c(C#N)cc(-c4cccc(C(C)N)n4)cc3n2)n1. The van der Waals surface area contributed by atoms with Crippen LogP contribution in [0, 0.1) is 18.3 Å². The molecule has 1 unspecified atom stereocenters. The number of fused-ring (bicyclic) bond motifs is 1. The van der Waals surface area contributed by atoms with Crippen LogP contribution in [0.1, 0.15) is 29.9 Å². The highest BCUT2D eigenvalue weighted by Gasteiger charge is 2.12. The fourth-order valence-electron chi connectivity index (χ4n) is 3.00. The fraction of sp³-hybridized carbons (Fsp3) is 0.143. The number of nitrogens with zero attached hydrogens (tertiary/aromatic N) is 5. The molecular weight excluding hydrogens is 336 g/mol. The van der Waals surface area contributed by atoms with Crippen molar-refractivity contribution in [1.82, 2.24) is 19.7 Å². The van der Waals surface area contributed by atoms with Crippen LogP contribution in [0.25, 0.3) is 28.0 Å². The van der Waals surface area contributed by atoms with E-state index in [0.29, 0.717) is 11.4 Å². The van der Waals surface area contributed by atoms with Gasteiger partial charge in [0.15, 0.2) is 5.82 Å². The minimum atomic E-state index is -0.157. The lowest BCUT2D eigenvalue weighted by atomic mass is 10.0. The zero-order valence-electron chi connectivity index (χ0n) is 15.1. The van der Waals surface area contributed by atoms with E-state index in [4.69, 9.17) is 5.73 Å². The van der Waals surface area contributed by atoms with Crippen LogP contribution in [0.3, 0.4) is 0 Å². The maximum atomic E-state index is 9.63. The third-order valence-corrected chi connectivity index (χ3v) is 4.39. The Bertz CT molecular complexity index is 1180. The van der Waals surface area contributed by atoms with Gasteiger partial charge in [-0.25, -0.2) is 9.67 Å². The number of nitriles is 1. The van der Waals surface area contributed by atoms with Crippen molar-refractivity contribution in [2.45, 2.75) is 19.9 Å². The molecular formula is C21H18N6. The highest BCUT2D eigenvalue weighted by molar-refractivity contribution is 5.89. The minimum Gasteiger partial charge on any atom is -0.323 e. The van der Waals surface area contributed by atoms with Crippen LogP contribution in [-0.2, 0) is 0 Å². The largest absolute Gasteiger partial charge is 0.323 e. The zero-order chi connectivity index (χ0) is 19.0. The molecule has 0 spiro atoms. The van der Waals surface area contributed by atoms with Crippen molar-refractivity contribution in [2.24, 2.45) is 5.73 Å². The molecule has 4 aromatic rings. The molecule has 6 nitrogen and oxygen atoms in total. The van der Waals surface area contributed by atoms with Gasteiger partial charge in [0.05, 0.1) is 28.5 Å². The molecule has 0 aliphatic carbocycles. The van der Waals surface area contributed by atoms with Gasteiger partial charge < -0.3 is 5.73 Å². The molecule has 0 amide bonds. The Morgan fingerprint density at radius 1 is 1.11 bits per heavy atom. The van der Waals surface area contributed by atoms with Crippen LogP contribution in [0.15, 0.2) is 54.7 Å². The number of nitrogens with two attached hydrogens (primary N) is 1. The molecule has 1 atom stereocenters. The Balaban J connectivity index is 1.88. The van der Waals surface area contributed by atoms with Crippen LogP contribution in [0.2, 0.25) is 0 Å². The number of benzene rings is 1. The summed E-state index contributed by atoms with van der Waals surface area (Å²) in [5, 5.41) is 15.0. The second-order valence-electron chi connectivity index (χ2n) is 6.52. The van der Waals surface area contributed by atoms with E-state index in [1.807, 2.05) is 68.6 Å². The van der Waals surface area contributed by atoms with Crippen LogP contribution >= 0.6 is 0 Å². The molecule has 6 heteroatoms. The van der Waals surface area contributed by atoms with Gasteiger partial charge in [0.1, 0.15) is 0 Å². The number of aromatic nitrogens is 4. The summed E-state index contributed by atoms with van der Waals surface area (Å²) in [4.78, 5) is 9.12. The molecule has 3 aromatic heterocycles.